The molecule has 0 fully saturated rings. The molecule has 3 N–H and O–H groups in total. The SMILES string of the molecule is CCCC(C(=O)N[C@H](CO)Cc1ccc(O)cc1)N(C)C. The zero-order valence-electron chi connectivity index (χ0n) is 13.0. The molecule has 118 valence electrons. The fourth-order valence-corrected chi connectivity index (χ4v) is 2.27. The maximum absolute atomic E-state index is 12.3. The van der Waals surface area contributed by atoms with Crippen LogP contribution in [0.2, 0.25) is 0 Å². The van der Waals surface area contributed by atoms with E-state index in [1.54, 1.807) is 24.3 Å². The van der Waals surface area contributed by atoms with Gasteiger partial charge in [-0.3, -0.25) is 9.69 Å². The lowest BCUT2D eigenvalue weighted by Crippen LogP contribution is -2.49. The number of likely N-dealkylation sites (N-methyl/N-ethyl adjacent to an activating group) is 1. The Bertz CT molecular complexity index is 432. The van der Waals surface area contributed by atoms with Crippen molar-refractivity contribution in [3.8, 4) is 5.75 Å². The lowest BCUT2D eigenvalue weighted by Gasteiger charge is -2.25. The first kappa shape index (κ1) is 17.5. The molecule has 21 heavy (non-hydrogen) atoms. The molecule has 1 aromatic carbocycles. The lowest BCUT2D eigenvalue weighted by atomic mass is 10.0. The van der Waals surface area contributed by atoms with Gasteiger partial charge in [0.1, 0.15) is 5.75 Å². The van der Waals surface area contributed by atoms with Crippen LogP contribution in [0.5, 0.6) is 5.75 Å². The Hall–Kier alpha value is -1.59. The summed E-state index contributed by atoms with van der Waals surface area (Å²) in [5.74, 6) is 0.152. The number of aromatic hydroxyl groups is 1. The van der Waals surface area contributed by atoms with E-state index in [9.17, 15) is 15.0 Å². The van der Waals surface area contributed by atoms with Gasteiger partial charge in [0.15, 0.2) is 0 Å². The number of aliphatic hydroxyl groups is 1. The Balaban J connectivity index is 2.63. The molecular formula is C16H26N2O3. The number of aliphatic hydroxyl groups excluding tert-OH is 1. The van der Waals surface area contributed by atoms with Gasteiger partial charge in [0.05, 0.1) is 18.7 Å². The average Bonchev–Trinajstić information content (AvgIpc) is 2.45. The number of nitrogens with zero attached hydrogens (tertiary/aromatic N) is 1. The second-order valence-electron chi connectivity index (χ2n) is 5.53. The van der Waals surface area contributed by atoms with Gasteiger partial charge in [0, 0.05) is 0 Å². The summed E-state index contributed by atoms with van der Waals surface area (Å²) >= 11 is 0. The Kier molecular flexibility index (Phi) is 7.19. The molecule has 5 heteroatoms. The molecule has 1 unspecified atom stereocenters. The molecule has 0 bridgehead atoms. The van der Waals surface area contributed by atoms with E-state index in [1.165, 1.54) is 0 Å². The van der Waals surface area contributed by atoms with Gasteiger partial charge in [-0.25, -0.2) is 0 Å². The summed E-state index contributed by atoms with van der Waals surface area (Å²) in [5.41, 5.74) is 0.962. The third-order valence-electron chi connectivity index (χ3n) is 3.47. The third kappa shape index (κ3) is 5.73. The smallest absolute Gasteiger partial charge is 0.237 e. The molecule has 2 atom stereocenters. The van der Waals surface area contributed by atoms with E-state index in [-0.39, 0.29) is 30.3 Å². The van der Waals surface area contributed by atoms with Crippen molar-refractivity contribution in [3.05, 3.63) is 29.8 Å². The molecule has 0 heterocycles. The van der Waals surface area contributed by atoms with Crippen molar-refractivity contribution in [2.24, 2.45) is 0 Å². The molecule has 1 rings (SSSR count). The fourth-order valence-electron chi connectivity index (χ4n) is 2.27. The summed E-state index contributed by atoms with van der Waals surface area (Å²) < 4.78 is 0. The van der Waals surface area contributed by atoms with Crippen molar-refractivity contribution in [2.45, 2.75) is 38.3 Å². The fraction of sp³-hybridized carbons (Fsp3) is 0.562. The maximum Gasteiger partial charge on any atom is 0.237 e. The van der Waals surface area contributed by atoms with Crippen LogP contribution in [0, 0.1) is 0 Å². The number of hydrogen-bond donors (Lipinski definition) is 3. The average molecular weight is 294 g/mol. The van der Waals surface area contributed by atoms with Gasteiger partial charge in [0.25, 0.3) is 0 Å². The molecule has 0 saturated carbocycles. The highest BCUT2D eigenvalue weighted by Crippen LogP contribution is 2.12. The van der Waals surface area contributed by atoms with Gasteiger partial charge in [0.2, 0.25) is 5.91 Å². The molecule has 0 spiro atoms. The van der Waals surface area contributed by atoms with E-state index in [0.29, 0.717) is 6.42 Å². The van der Waals surface area contributed by atoms with Crippen molar-refractivity contribution >= 4 is 5.91 Å². The molecule has 0 saturated heterocycles. The van der Waals surface area contributed by atoms with E-state index in [2.05, 4.69) is 5.32 Å². The van der Waals surface area contributed by atoms with Gasteiger partial charge in [-0.05, 0) is 44.6 Å². The third-order valence-corrected chi connectivity index (χ3v) is 3.47. The second kappa shape index (κ2) is 8.64. The van der Waals surface area contributed by atoms with Crippen LogP contribution in [0.25, 0.3) is 0 Å². The highest BCUT2D eigenvalue weighted by atomic mass is 16.3. The highest BCUT2D eigenvalue weighted by Gasteiger charge is 2.22. The maximum atomic E-state index is 12.3. The molecular weight excluding hydrogens is 268 g/mol. The molecule has 0 aliphatic rings. The first-order chi connectivity index (χ1) is 9.97. The summed E-state index contributed by atoms with van der Waals surface area (Å²) in [6.45, 7) is 1.93. The minimum Gasteiger partial charge on any atom is -0.508 e. The number of phenols is 1. The van der Waals surface area contributed by atoms with Crippen molar-refractivity contribution in [2.75, 3.05) is 20.7 Å². The molecule has 0 radical (unpaired) electrons. The van der Waals surface area contributed by atoms with E-state index in [0.717, 1.165) is 18.4 Å². The topological polar surface area (TPSA) is 72.8 Å². The van der Waals surface area contributed by atoms with Crippen molar-refractivity contribution in [1.82, 2.24) is 10.2 Å². The summed E-state index contributed by atoms with van der Waals surface area (Å²) in [4.78, 5) is 14.2. The predicted molar refractivity (Wildman–Crippen MR) is 83.2 cm³/mol. The minimum absolute atomic E-state index is 0.0559. The number of rotatable bonds is 8. The first-order valence-electron chi connectivity index (χ1n) is 7.33. The van der Waals surface area contributed by atoms with Gasteiger partial charge in [-0.1, -0.05) is 25.5 Å². The van der Waals surface area contributed by atoms with E-state index >= 15 is 0 Å². The quantitative estimate of drug-likeness (QED) is 0.672. The standard InChI is InChI=1S/C16H26N2O3/c1-4-5-15(18(2)3)16(21)17-13(11-19)10-12-6-8-14(20)9-7-12/h6-9,13,15,19-20H,4-5,10-11H2,1-3H3,(H,17,21)/t13-,15?/m0/s1. The molecule has 0 aliphatic carbocycles. The zero-order chi connectivity index (χ0) is 15.8. The number of carbonyl (C=O) groups excluding carboxylic acids is 1. The van der Waals surface area contributed by atoms with Crippen LogP contribution in [-0.4, -0.2) is 53.8 Å². The van der Waals surface area contributed by atoms with E-state index in [1.807, 2.05) is 25.9 Å². The second-order valence-corrected chi connectivity index (χ2v) is 5.53. The molecule has 0 aromatic heterocycles. The summed E-state index contributed by atoms with van der Waals surface area (Å²) in [6.07, 6.45) is 2.25. The van der Waals surface area contributed by atoms with Crippen LogP contribution in [0.4, 0.5) is 0 Å². The number of benzene rings is 1. The Labute approximate surface area is 126 Å². The van der Waals surface area contributed by atoms with E-state index < -0.39 is 0 Å². The van der Waals surface area contributed by atoms with Crippen LogP contribution < -0.4 is 5.32 Å². The molecule has 0 aliphatic heterocycles. The zero-order valence-corrected chi connectivity index (χ0v) is 13.0. The van der Waals surface area contributed by atoms with Gasteiger partial charge < -0.3 is 15.5 Å². The van der Waals surface area contributed by atoms with Crippen LogP contribution in [-0.2, 0) is 11.2 Å². The lowest BCUT2D eigenvalue weighted by molar-refractivity contribution is -0.126. The molecule has 1 amide bonds. The van der Waals surface area contributed by atoms with E-state index in [4.69, 9.17) is 0 Å². The summed E-state index contributed by atoms with van der Waals surface area (Å²) in [6, 6.07) is 6.29. The monoisotopic (exact) mass is 294 g/mol. The van der Waals surface area contributed by atoms with Crippen LogP contribution >= 0.6 is 0 Å². The molecule has 1 aromatic rings. The molecule has 5 nitrogen and oxygen atoms in total. The van der Waals surface area contributed by atoms with Crippen molar-refractivity contribution in [3.63, 3.8) is 0 Å². The number of carbonyl (C=O) groups is 1. The van der Waals surface area contributed by atoms with Gasteiger partial charge in [-0.2, -0.15) is 0 Å². The number of amides is 1. The largest absolute Gasteiger partial charge is 0.508 e. The van der Waals surface area contributed by atoms with Crippen LogP contribution in [0.15, 0.2) is 24.3 Å². The summed E-state index contributed by atoms with van der Waals surface area (Å²) in [7, 11) is 3.77. The van der Waals surface area contributed by atoms with Gasteiger partial charge >= 0.3 is 0 Å². The normalized spacial score (nSPS) is 14.0. The predicted octanol–water partition coefficient (Wildman–Crippen LogP) is 1.14. The van der Waals surface area contributed by atoms with Crippen LogP contribution in [0.3, 0.4) is 0 Å². The van der Waals surface area contributed by atoms with Crippen molar-refractivity contribution in [1.29, 1.82) is 0 Å². The summed E-state index contributed by atoms with van der Waals surface area (Å²) in [5, 5.41) is 21.6. The van der Waals surface area contributed by atoms with Gasteiger partial charge in [-0.15, -0.1) is 0 Å². The number of phenolic OH excluding ortho intramolecular Hbond substituents is 1. The van der Waals surface area contributed by atoms with Crippen LogP contribution in [0.1, 0.15) is 25.3 Å². The highest BCUT2D eigenvalue weighted by molar-refractivity contribution is 5.82. The first-order valence-corrected chi connectivity index (χ1v) is 7.33. The van der Waals surface area contributed by atoms with Crippen molar-refractivity contribution < 1.29 is 15.0 Å². The Morgan fingerprint density at radius 1 is 1.29 bits per heavy atom. The Morgan fingerprint density at radius 2 is 1.90 bits per heavy atom. The minimum atomic E-state index is -0.318. The number of hydrogen-bond acceptors (Lipinski definition) is 4. The Morgan fingerprint density at radius 3 is 2.38 bits per heavy atom. The number of nitrogens with one attached hydrogen (secondary N) is 1.